The highest BCUT2D eigenvalue weighted by Gasteiger charge is 2.15. The van der Waals surface area contributed by atoms with E-state index in [1.165, 1.54) is 32.1 Å². The van der Waals surface area contributed by atoms with Gasteiger partial charge in [-0.25, -0.2) is 0 Å². The lowest BCUT2D eigenvalue weighted by atomic mass is 9.86. The first kappa shape index (κ1) is 12.2. The van der Waals surface area contributed by atoms with E-state index in [4.69, 9.17) is 0 Å². The SMILES string of the molecule is CP(=O)(F)OCCCC1CCCCC1. The molecule has 0 saturated heterocycles. The summed E-state index contributed by atoms with van der Waals surface area (Å²) in [5.74, 6) is 0.795. The van der Waals surface area contributed by atoms with Crippen molar-refractivity contribution in [2.24, 2.45) is 5.92 Å². The van der Waals surface area contributed by atoms with Gasteiger partial charge in [0.05, 0.1) is 6.61 Å². The van der Waals surface area contributed by atoms with Gasteiger partial charge in [0.2, 0.25) is 0 Å². The molecule has 0 amide bonds. The molecule has 1 unspecified atom stereocenters. The average Bonchev–Trinajstić information content (AvgIpc) is 2.13. The minimum Gasteiger partial charge on any atom is -0.306 e. The van der Waals surface area contributed by atoms with Crippen molar-refractivity contribution in [1.82, 2.24) is 0 Å². The molecule has 0 bridgehead atoms. The lowest BCUT2D eigenvalue weighted by Crippen LogP contribution is -2.06. The summed E-state index contributed by atoms with van der Waals surface area (Å²) in [6, 6.07) is 0. The van der Waals surface area contributed by atoms with E-state index in [0.717, 1.165) is 25.4 Å². The van der Waals surface area contributed by atoms with Gasteiger partial charge in [-0.3, -0.25) is 4.57 Å². The Bertz CT molecular complexity index is 196. The van der Waals surface area contributed by atoms with Gasteiger partial charge in [0.1, 0.15) is 0 Å². The van der Waals surface area contributed by atoms with Crippen molar-refractivity contribution >= 4 is 7.68 Å². The molecule has 1 aliphatic carbocycles. The smallest absolute Gasteiger partial charge is 0.306 e. The highest BCUT2D eigenvalue weighted by molar-refractivity contribution is 7.52. The van der Waals surface area contributed by atoms with Gasteiger partial charge in [-0.1, -0.05) is 32.1 Å². The molecule has 14 heavy (non-hydrogen) atoms. The summed E-state index contributed by atoms with van der Waals surface area (Å²) in [5, 5.41) is 0. The fraction of sp³-hybridized carbons (Fsp3) is 1.00. The molecule has 0 N–H and O–H groups in total. The van der Waals surface area contributed by atoms with Crippen molar-refractivity contribution in [3.8, 4) is 0 Å². The van der Waals surface area contributed by atoms with Crippen molar-refractivity contribution in [2.45, 2.75) is 44.9 Å². The van der Waals surface area contributed by atoms with Crippen molar-refractivity contribution in [2.75, 3.05) is 13.3 Å². The number of halogens is 1. The first-order chi connectivity index (χ1) is 6.58. The topological polar surface area (TPSA) is 26.3 Å². The van der Waals surface area contributed by atoms with Gasteiger partial charge in [-0.2, -0.15) is 4.20 Å². The molecule has 1 aliphatic rings. The van der Waals surface area contributed by atoms with E-state index in [1.807, 2.05) is 0 Å². The summed E-state index contributed by atoms with van der Waals surface area (Å²) in [7, 11) is -3.74. The second-order valence-electron chi connectivity index (χ2n) is 4.23. The second-order valence-corrected chi connectivity index (χ2v) is 5.98. The van der Waals surface area contributed by atoms with Crippen LogP contribution in [0.4, 0.5) is 4.20 Å². The largest absolute Gasteiger partial charge is 0.364 e. The van der Waals surface area contributed by atoms with Crippen LogP contribution in [0.25, 0.3) is 0 Å². The van der Waals surface area contributed by atoms with Crippen LogP contribution in [0, 0.1) is 5.92 Å². The molecule has 1 fully saturated rings. The van der Waals surface area contributed by atoms with Crippen molar-refractivity contribution < 1.29 is 13.3 Å². The summed E-state index contributed by atoms with van der Waals surface area (Å²) in [6.45, 7) is 1.33. The van der Waals surface area contributed by atoms with Gasteiger partial charge in [0.25, 0.3) is 0 Å². The normalized spacial score (nSPS) is 23.3. The molecule has 0 aromatic carbocycles. The van der Waals surface area contributed by atoms with Crippen LogP contribution >= 0.6 is 7.68 Å². The minimum atomic E-state index is -3.74. The van der Waals surface area contributed by atoms with Crippen molar-refractivity contribution in [3.05, 3.63) is 0 Å². The molecule has 0 aromatic rings. The van der Waals surface area contributed by atoms with Crippen LogP contribution in [0.2, 0.25) is 0 Å². The van der Waals surface area contributed by atoms with Gasteiger partial charge >= 0.3 is 7.68 Å². The monoisotopic (exact) mass is 222 g/mol. The Labute approximate surface area is 85.8 Å². The third-order valence-electron chi connectivity index (χ3n) is 2.80. The molecular formula is C10H20FO2P. The molecule has 0 radical (unpaired) electrons. The fourth-order valence-electron chi connectivity index (χ4n) is 2.08. The Morgan fingerprint density at radius 1 is 1.36 bits per heavy atom. The molecule has 1 saturated carbocycles. The van der Waals surface area contributed by atoms with Gasteiger partial charge in [-0.05, 0) is 18.8 Å². The van der Waals surface area contributed by atoms with Crippen LogP contribution in [-0.4, -0.2) is 13.3 Å². The van der Waals surface area contributed by atoms with Crippen LogP contribution in [0.1, 0.15) is 44.9 Å². The molecule has 0 spiro atoms. The molecule has 1 rings (SSSR count). The maximum absolute atomic E-state index is 12.5. The highest BCUT2D eigenvalue weighted by atomic mass is 31.2. The lowest BCUT2D eigenvalue weighted by Gasteiger charge is -2.21. The fourth-order valence-corrected chi connectivity index (χ4v) is 2.53. The van der Waals surface area contributed by atoms with E-state index in [2.05, 4.69) is 4.52 Å². The summed E-state index contributed by atoms with van der Waals surface area (Å²) < 4.78 is 27.7. The molecule has 0 heterocycles. The standard InChI is InChI=1S/C10H20FO2P/c1-14(11,12)13-9-5-8-10-6-3-2-4-7-10/h10H,2-9H2,1H3. The van der Waals surface area contributed by atoms with Gasteiger partial charge in [0.15, 0.2) is 0 Å². The third kappa shape index (κ3) is 5.77. The Hall–Kier alpha value is 0.120. The Morgan fingerprint density at radius 3 is 2.57 bits per heavy atom. The van der Waals surface area contributed by atoms with E-state index in [0.29, 0.717) is 6.61 Å². The van der Waals surface area contributed by atoms with E-state index < -0.39 is 7.68 Å². The predicted octanol–water partition coefficient (Wildman–Crippen LogP) is 4.16. The van der Waals surface area contributed by atoms with Gasteiger partial charge < -0.3 is 4.52 Å². The van der Waals surface area contributed by atoms with Crippen LogP contribution in [0.5, 0.6) is 0 Å². The molecule has 1 atom stereocenters. The summed E-state index contributed by atoms with van der Waals surface area (Å²) in [4.78, 5) is 0. The Balaban J connectivity index is 2.00. The zero-order valence-electron chi connectivity index (χ0n) is 8.88. The highest BCUT2D eigenvalue weighted by Crippen LogP contribution is 2.44. The molecule has 2 nitrogen and oxygen atoms in total. The Morgan fingerprint density at radius 2 is 2.00 bits per heavy atom. The molecule has 4 heteroatoms. The summed E-state index contributed by atoms with van der Waals surface area (Å²) in [6.07, 6.45) is 8.58. The third-order valence-corrected chi connectivity index (χ3v) is 3.45. The Kier molecular flexibility index (Phi) is 5.11. The first-order valence-corrected chi connectivity index (χ1v) is 7.46. The van der Waals surface area contributed by atoms with E-state index >= 15 is 0 Å². The van der Waals surface area contributed by atoms with Gasteiger partial charge in [-0.15, -0.1) is 0 Å². The quantitative estimate of drug-likeness (QED) is 0.515. The number of hydrogen-bond acceptors (Lipinski definition) is 2. The summed E-state index contributed by atoms with van der Waals surface area (Å²) in [5.41, 5.74) is 0. The summed E-state index contributed by atoms with van der Waals surface area (Å²) >= 11 is 0. The maximum atomic E-state index is 12.5. The maximum Gasteiger partial charge on any atom is 0.364 e. The van der Waals surface area contributed by atoms with Crippen LogP contribution in [0.15, 0.2) is 0 Å². The van der Waals surface area contributed by atoms with Crippen LogP contribution in [-0.2, 0) is 9.09 Å². The van der Waals surface area contributed by atoms with E-state index in [9.17, 15) is 8.76 Å². The van der Waals surface area contributed by atoms with E-state index in [1.54, 1.807) is 0 Å². The molecule has 84 valence electrons. The van der Waals surface area contributed by atoms with Crippen LogP contribution in [0.3, 0.4) is 0 Å². The average molecular weight is 222 g/mol. The zero-order chi connectivity index (χ0) is 10.4. The van der Waals surface area contributed by atoms with Gasteiger partial charge in [0, 0.05) is 6.66 Å². The number of hydrogen-bond donors (Lipinski definition) is 0. The first-order valence-electron chi connectivity index (χ1n) is 5.49. The molecule has 0 aliphatic heterocycles. The van der Waals surface area contributed by atoms with Crippen LogP contribution < -0.4 is 0 Å². The molecule has 0 aromatic heterocycles. The number of rotatable bonds is 5. The molecular weight excluding hydrogens is 202 g/mol. The van der Waals surface area contributed by atoms with Crippen molar-refractivity contribution in [1.29, 1.82) is 0 Å². The predicted molar refractivity (Wildman–Crippen MR) is 56.4 cm³/mol. The minimum absolute atomic E-state index is 0.306. The second kappa shape index (κ2) is 5.87. The lowest BCUT2D eigenvalue weighted by molar-refractivity contribution is 0.257. The van der Waals surface area contributed by atoms with E-state index in [-0.39, 0.29) is 0 Å². The van der Waals surface area contributed by atoms with Crippen molar-refractivity contribution in [3.63, 3.8) is 0 Å². The zero-order valence-corrected chi connectivity index (χ0v) is 9.77.